The van der Waals surface area contributed by atoms with Gasteiger partial charge in [-0.15, -0.1) is 0 Å². The Morgan fingerprint density at radius 2 is 2.06 bits per heavy atom. The van der Waals surface area contributed by atoms with E-state index >= 15 is 0 Å². The average Bonchev–Trinajstić information content (AvgIpc) is 3.32. The summed E-state index contributed by atoms with van der Waals surface area (Å²) >= 11 is 0. The fourth-order valence-corrected chi connectivity index (χ4v) is 3.57. The van der Waals surface area contributed by atoms with Crippen LogP contribution in [0.4, 0.5) is 10.1 Å². The van der Waals surface area contributed by atoms with Crippen LogP contribution in [0.15, 0.2) is 42.5 Å². The summed E-state index contributed by atoms with van der Waals surface area (Å²) in [4.78, 5) is 38.7. The van der Waals surface area contributed by atoms with E-state index in [1.54, 1.807) is 12.1 Å². The second-order valence-corrected chi connectivity index (χ2v) is 7.53. The molecule has 2 aromatic carbocycles. The number of Topliss-reactive ketones (excluding diaryl/α,β-unsaturated/α-hetero) is 1. The zero-order chi connectivity index (χ0) is 22.5. The Balaban J connectivity index is 1.43. The summed E-state index contributed by atoms with van der Waals surface area (Å²) in [6.45, 7) is 0.292. The number of rotatable bonds is 8. The molecule has 168 valence electrons. The quantitative estimate of drug-likeness (QED) is 0.630. The van der Waals surface area contributed by atoms with Crippen molar-refractivity contribution < 1.29 is 33.0 Å². The second kappa shape index (κ2) is 9.78. The summed E-state index contributed by atoms with van der Waals surface area (Å²) < 4.78 is 29.9. The van der Waals surface area contributed by atoms with Crippen molar-refractivity contribution in [1.29, 1.82) is 0 Å². The Hall–Kier alpha value is -3.46. The lowest BCUT2D eigenvalue weighted by atomic mass is 10.1. The molecule has 0 bridgehead atoms. The standard InChI is InChI=1S/C23H23FN2O6/c24-17-5-1-2-6-20(17)31-13-19(27)15-7-8-21-18(10-15)26(23(29)14-32-21)12-22(28)25-11-16-4-3-9-30-16/h1-2,5-8,10,16H,3-4,9,11-14H2,(H,25,28)/t16-/m0/s1. The number of hydrogen-bond donors (Lipinski definition) is 1. The first-order chi connectivity index (χ1) is 15.5. The SMILES string of the molecule is O=C(CN1C(=O)COc2ccc(C(=O)COc3ccccc3F)cc21)NC[C@@H]1CCCO1. The van der Waals surface area contributed by atoms with Crippen molar-refractivity contribution in [2.75, 3.05) is 37.8 Å². The van der Waals surface area contributed by atoms with Gasteiger partial charge >= 0.3 is 0 Å². The van der Waals surface area contributed by atoms with Crippen LogP contribution in [0.1, 0.15) is 23.2 Å². The Kier molecular flexibility index (Phi) is 6.65. The predicted octanol–water partition coefficient (Wildman–Crippen LogP) is 2.11. The van der Waals surface area contributed by atoms with Crippen molar-refractivity contribution in [3.05, 3.63) is 53.8 Å². The van der Waals surface area contributed by atoms with Gasteiger partial charge in [0.25, 0.3) is 5.91 Å². The summed E-state index contributed by atoms with van der Waals surface area (Å²) in [5, 5.41) is 2.78. The Morgan fingerprint density at radius 1 is 1.22 bits per heavy atom. The number of fused-ring (bicyclic) bond motifs is 1. The number of ether oxygens (including phenoxy) is 3. The molecule has 1 fully saturated rings. The molecule has 2 heterocycles. The van der Waals surface area contributed by atoms with E-state index in [1.807, 2.05) is 0 Å². The van der Waals surface area contributed by atoms with Gasteiger partial charge in [-0.2, -0.15) is 0 Å². The van der Waals surface area contributed by atoms with Crippen LogP contribution in [0.3, 0.4) is 0 Å². The van der Waals surface area contributed by atoms with Gasteiger partial charge in [-0.25, -0.2) is 4.39 Å². The Bertz CT molecular complexity index is 1020. The third-order valence-electron chi connectivity index (χ3n) is 5.27. The largest absolute Gasteiger partial charge is 0.482 e. The fourth-order valence-electron chi connectivity index (χ4n) is 3.57. The maximum atomic E-state index is 13.7. The minimum absolute atomic E-state index is 0.00898. The highest BCUT2D eigenvalue weighted by Crippen LogP contribution is 2.33. The summed E-state index contributed by atoms with van der Waals surface area (Å²) in [6, 6.07) is 10.4. The molecule has 9 heteroatoms. The number of amides is 2. The van der Waals surface area contributed by atoms with Gasteiger partial charge in [-0.1, -0.05) is 12.1 Å². The molecule has 1 N–H and O–H groups in total. The van der Waals surface area contributed by atoms with E-state index in [9.17, 15) is 18.8 Å². The molecule has 0 radical (unpaired) electrons. The third-order valence-corrected chi connectivity index (χ3v) is 5.27. The minimum atomic E-state index is -0.565. The normalized spacial score (nSPS) is 17.5. The van der Waals surface area contributed by atoms with Crippen molar-refractivity contribution >= 4 is 23.3 Å². The molecular weight excluding hydrogens is 419 g/mol. The van der Waals surface area contributed by atoms with Crippen LogP contribution < -0.4 is 19.7 Å². The summed E-state index contributed by atoms with van der Waals surface area (Å²) in [7, 11) is 0. The van der Waals surface area contributed by atoms with Gasteiger partial charge in [0, 0.05) is 18.7 Å². The lowest BCUT2D eigenvalue weighted by Gasteiger charge is -2.29. The molecule has 2 aliphatic rings. The van der Waals surface area contributed by atoms with Crippen LogP contribution in [0.5, 0.6) is 11.5 Å². The monoisotopic (exact) mass is 442 g/mol. The first kappa shape index (κ1) is 21.8. The number of benzene rings is 2. The number of carbonyl (C=O) groups excluding carboxylic acids is 3. The molecule has 4 rings (SSSR count). The summed E-state index contributed by atoms with van der Waals surface area (Å²) in [5.74, 6) is -1.33. The summed E-state index contributed by atoms with van der Waals surface area (Å²) in [5.41, 5.74) is 0.577. The molecule has 0 aliphatic carbocycles. The molecule has 1 atom stereocenters. The first-order valence-corrected chi connectivity index (χ1v) is 10.4. The maximum Gasteiger partial charge on any atom is 0.265 e. The van der Waals surface area contributed by atoms with Crippen molar-refractivity contribution in [2.45, 2.75) is 18.9 Å². The topological polar surface area (TPSA) is 94.2 Å². The maximum absolute atomic E-state index is 13.7. The number of carbonyl (C=O) groups is 3. The summed E-state index contributed by atoms with van der Waals surface area (Å²) in [6.07, 6.45) is 1.85. The minimum Gasteiger partial charge on any atom is -0.482 e. The fraction of sp³-hybridized carbons (Fsp3) is 0.348. The highest BCUT2D eigenvalue weighted by molar-refractivity contribution is 6.04. The number of hydrogen-bond acceptors (Lipinski definition) is 6. The zero-order valence-corrected chi connectivity index (χ0v) is 17.3. The number of ketones is 1. The Morgan fingerprint density at radius 3 is 2.84 bits per heavy atom. The van der Waals surface area contributed by atoms with Crippen molar-refractivity contribution in [1.82, 2.24) is 5.32 Å². The van der Waals surface area contributed by atoms with Crippen LogP contribution in [0.25, 0.3) is 0 Å². The highest BCUT2D eigenvalue weighted by atomic mass is 19.1. The third kappa shape index (κ3) is 5.05. The molecule has 2 aliphatic heterocycles. The van der Waals surface area contributed by atoms with Crippen molar-refractivity contribution in [3.8, 4) is 11.5 Å². The van der Waals surface area contributed by atoms with E-state index in [4.69, 9.17) is 14.2 Å². The van der Waals surface area contributed by atoms with E-state index in [-0.39, 0.29) is 43.1 Å². The van der Waals surface area contributed by atoms with Crippen LogP contribution >= 0.6 is 0 Å². The molecule has 1 saturated heterocycles. The highest BCUT2D eigenvalue weighted by Gasteiger charge is 2.29. The number of nitrogens with zero attached hydrogens (tertiary/aromatic N) is 1. The van der Waals surface area contributed by atoms with E-state index in [1.165, 1.54) is 35.2 Å². The average molecular weight is 442 g/mol. The lowest BCUT2D eigenvalue weighted by molar-refractivity contribution is -0.125. The van der Waals surface area contributed by atoms with Crippen LogP contribution in [0.2, 0.25) is 0 Å². The molecule has 0 saturated carbocycles. The smallest absolute Gasteiger partial charge is 0.265 e. The van der Waals surface area contributed by atoms with E-state index in [0.29, 0.717) is 24.6 Å². The molecule has 2 amide bonds. The molecule has 0 spiro atoms. The van der Waals surface area contributed by atoms with E-state index in [0.717, 1.165) is 12.8 Å². The molecular formula is C23H23FN2O6. The lowest BCUT2D eigenvalue weighted by Crippen LogP contribution is -2.46. The zero-order valence-electron chi connectivity index (χ0n) is 17.3. The molecule has 0 aromatic heterocycles. The molecule has 32 heavy (non-hydrogen) atoms. The van der Waals surface area contributed by atoms with Gasteiger partial charge in [0.05, 0.1) is 11.8 Å². The van der Waals surface area contributed by atoms with Gasteiger partial charge in [0.1, 0.15) is 12.3 Å². The van der Waals surface area contributed by atoms with Gasteiger partial charge in [-0.3, -0.25) is 19.3 Å². The number of para-hydroxylation sites is 1. The molecule has 2 aromatic rings. The van der Waals surface area contributed by atoms with E-state index in [2.05, 4.69) is 5.32 Å². The molecule has 0 unspecified atom stereocenters. The van der Waals surface area contributed by atoms with Gasteiger partial charge in [0.2, 0.25) is 5.91 Å². The number of nitrogens with one attached hydrogen (secondary N) is 1. The van der Waals surface area contributed by atoms with Crippen molar-refractivity contribution in [3.63, 3.8) is 0 Å². The van der Waals surface area contributed by atoms with Gasteiger partial charge < -0.3 is 19.5 Å². The van der Waals surface area contributed by atoms with Crippen LogP contribution in [-0.4, -0.2) is 56.6 Å². The van der Waals surface area contributed by atoms with E-state index < -0.39 is 17.5 Å². The van der Waals surface area contributed by atoms with Crippen LogP contribution in [0, 0.1) is 5.82 Å². The number of halogens is 1. The van der Waals surface area contributed by atoms with Gasteiger partial charge in [-0.05, 0) is 43.2 Å². The first-order valence-electron chi connectivity index (χ1n) is 10.4. The Labute approximate surface area is 184 Å². The van der Waals surface area contributed by atoms with Crippen molar-refractivity contribution in [2.24, 2.45) is 0 Å². The number of anilines is 1. The molecule has 8 nitrogen and oxygen atoms in total. The van der Waals surface area contributed by atoms with Crippen LogP contribution in [-0.2, 0) is 14.3 Å². The van der Waals surface area contributed by atoms with Gasteiger partial charge in [0.15, 0.2) is 30.6 Å². The predicted molar refractivity (Wildman–Crippen MR) is 112 cm³/mol. The second-order valence-electron chi connectivity index (χ2n) is 7.53.